The number of rotatable bonds is 2. The van der Waals surface area contributed by atoms with Gasteiger partial charge in [-0.2, -0.15) is 0 Å². The molecule has 1 saturated carbocycles. The van der Waals surface area contributed by atoms with Crippen LogP contribution in [0.25, 0.3) is 0 Å². The Kier molecular flexibility index (Phi) is 3.15. The second kappa shape index (κ2) is 4.61. The van der Waals surface area contributed by atoms with E-state index in [1.54, 1.807) is 7.11 Å². The monoisotopic (exact) mass is 272 g/mol. The third kappa shape index (κ3) is 1.81. The van der Waals surface area contributed by atoms with Gasteiger partial charge in [-0.05, 0) is 60.3 Å². The van der Waals surface area contributed by atoms with Crippen LogP contribution in [0, 0.1) is 11.3 Å². The average molecular weight is 272 g/mol. The molecule has 0 bridgehead atoms. The maximum atomic E-state index is 11.7. The number of aryl methyl sites for hydroxylation is 1. The summed E-state index contributed by atoms with van der Waals surface area (Å²) in [6.07, 6.45) is 6.80. The van der Waals surface area contributed by atoms with Gasteiger partial charge in [-0.25, -0.2) is 0 Å². The zero-order valence-electron chi connectivity index (χ0n) is 12.7. The summed E-state index contributed by atoms with van der Waals surface area (Å²) in [5.41, 5.74) is 2.82. The van der Waals surface area contributed by atoms with E-state index in [2.05, 4.69) is 32.0 Å². The van der Waals surface area contributed by atoms with Crippen LogP contribution in [0.1, 0.15) is 50.7 Å². The Balaban J connectivity index is 2.11. The van der Waals surface area contributed by atoms with Gasteiger partial charge in [0.2, 0.25) is 0 Å². The second-order valence-electron chi connectivity index (χ2n) is 7.01. The predicted molar refractivity (Wildman–Crippen MR) is 80.2 cm³/mol. The van der Waals surface area contributed by atoms with Crippen LogP contribution < -0.4 is 4.74 Å². The molecule has 0 saturated heterocycles. The van der Waals surface area contributed by atoms with E-state index in [4.69, 9.17) is 4.74 Å². The summed E-state index contributed by atoms with van der Waals surface area (Å²) in [7, 11) is 1.72. The smallest absolute Gasteiger partial charge is 0.126 e. The van der Waals surface area contributed by atoms with Crippen LogP contribution in [0.15, 0.2) is 18.2 Å². The van der Waals surface area contributed by atoms with Crippen LogP contribution in [0.4, 0.5) is 0 Å². The minimum Gasteiger partial charge on any atom is -0.497 e. The molecule has 2 nitrogen and oxygen atoms in total. The van der Waals surface area contributed by atoms with Gasteiger partial charge in [-0.1, -0.05) is 26.3 Å². The topological polar surface area (TPSA) is 26.3 Å². The lowest BCUT2D eigenvalue weighted by atomic mass is 9.50. The summed E-state index contributed by atoms with van der Waals surface area (Å²) >= 11 is 0. The van der Waals surface area contributed by atoms with Gasteiger partial charge in [0, 0.05) is 5.41 Å². The summed E-state index contributed by atoms with van der Waals surface area (Å²) in [6.45, 7) is 4.52. The molecule has 3 atom stereocenters. The van der Waals surface area contributed by atoms with Crippen LogP contribution >= 0.6 is 0 Å². The van der Waals surface area contributed by atoms with E-state index in [9.17, 15) is 4.79 Å². The Morgan fingerprint density at radius 3 is 2.80 bits per heavy atom. The molecule has 2 heteroatoms. The maximum absolute atomic E-state index is 11.7. The highest BCUT2D eigenvalue weighted by molar-refractivity contribution is 5.61. The molecule has 1 fully saturated rings. The van der Waals surface area contributed by atoms with E-state index in [1.807, 2.05) is 0 Å². The molecule has 0 N–H and O–H groups in total. The SMILES string of the molecule is COc1ccc2c(c1)[C@@]1(C)CCC[C@](C)(C=O)[C@H]1CC2. The van der Waals surface area contributed by atoms with Crippen molar-refractivity contribution >= 4 is 6.29 Å². The fraction of sp³-hybridized carbons (Fsp3) is 0.611. The van der Waals surface area contributed by atoms with Gasteiger partial charge in [-0.15, -0.1) is 0 Å². The Labute approximate surface area is 121 Å². The fourth-order valence-electron chi connectivity index (χ4n) is 4.76. The predicted octanol–water partition coefficient (Wildman–Crippen LogP) is 3.90. The first-order valence-corrected chi connectivity index (χ1v) is 7.67. The van der Waals surface area contributed by atoms with Gasteiger partial charge < -0.3 is 9.53 Å². The first-order chi connectivity index (χ1) is 9.53. The number of fused-ring (bicyclic) bond motifs is 3. The van der Waals surface area contributed by atoms with Crippen molar-refractivity contribution in [2.24, 2.45) is 11.3 Å². The molecular formula is C18H24O2. The molecule has 2 aliphatic carbocycles. The van der Waals surface area contributed by atoms with Crippen molar-refractivity contribution in [3.63, 3.8) is 0 Å². The van der Waals surface area contributed by atoms with Crippen molar-refractivity contribution in [3.05, 3.63) is 29.3 Å². The minimum atomic E-state index is -0.159. The number of methoxy groups -OCH3 is 1. The molecule has 3 rings (SSSR count). The number of hydrogen-bond acceptors (Lipinski definition) is 2. The van der Waals surface area contributed by atoms with Crippen LogP contribution in [0.5, 0.6) is 5.75 Å². The Morgan fingerprint density at radius 2 is 2.10 bits per heavy atom. The highest BCUT2D eigenvalue weighted by Gasteiger charge is 2.51. The zero-order chi connectivity index (χ0) is 14.4. The van der Waals surface area contributed by atoms with Gasteiger partial charge in [0.15, 0.2) is 0 Å². The normalized spacial score (nSPS) is 35.9. The van der Waals surface area contributed by atoms with Gasteiger partial charge >= 0.3 is 0 Å². The maximum Gasteiger partial charge on any atom is 0.126 e. The summed E-state index contributed by atoms with van der Waals surface area (Å²) in [6, 6.07) is 6.48. The molecule has 0 heterocycles. The lowest BCUT2D eigenvalue weighted by molar-refractivity contribution is -0.123. The number of carbonyl (C=O) groups excluding carboxylic acids is 1. The van der Waals surface area contributed by atoms with Crippen molar-refractivity contribution in [2.75, 3.05) is 7.11 Å². The molecular weight excluding hydrogens is 248 g/mol. The lowest BCUT2D eigenvalue weighted by Gasteiger charge is -2.53. The molecule has 0 aromatic heterocycles. The number of aldehydes is 1. The molecule has 0 amide bonds. The average Bonchev–Trinajstić information content (AvgIpc) is 2.46. The zero-order valence-corrected chi connectivity index (χ0v) is 12.7. The Hall–Kier alpha value is -1.31. The molecule has 1 aromatic carbocycles. The van der Waals surface area contributed by atoms with Crippen molar-refractivity contribution in [1.82, 2.24) is 0 Å². The van der Waals surface area contributed by atoms with E-state index in [1.165, 1.54) is 23.8 Å². The quantitative estimate of drug-likeness (QED) is 0.763. The van der Waals surface area contributed by atoms with Crippen LogP contribution in [-0.2, 0) is 16.6 Å². The molecule has 2 aliphatic rings. The molecule has 20 heavy (non-hydrogen) atoms. The third-order valence-electron chi connectivity index (χ3n) is 5.88. The standard InChI is InChI=1S/C18H24O2/c1-17(12-19)9-4-10-18(2)15-11-14(20-3)7-5-13(15)6-8-16(17)18/h5,7,11-12,16H,4,6,8-10H2,1-3H3/t16-,17-,18-/m1/s1. The summed E-state index contributed by atoms with van der Waals surface area (Å²) in [4.78, 5) is 11.7. The number of hydrogen-bond donors (Lipinski definition) is 0. The van der Waals surface area contributed by atoms with Crippen molar-refractivity contribution in [3.8, 4) is 5.75 Å². The highest BCUT2D eigenvalue weighted by Crippen LogP contribution is 2.56. The summed E-state index contributed by atoms with van der Waals surface area (Å²) in [5.74, 6) is 1.39. The first-order valence-electron chi connectivity index (χ1n) is 7.67. The molecule has 0 spiro atoms. The van der Waals surface area contributed by atoms with Gasteiger partial charge in [0.25, 0.3) is 0 Å². The van der Waals surface area contributed by atoms with Crippen LogP contribution in [0.2, 0.25) is 0 Å². The minimum absolute atomic E-state index is 0.121. The molecule has 0 unspecified atom stereocenters. The number of carbonyl (C=O) groups is 1. The van der Waals surface area contributed by atoms with Crippen molar-refractivity contribution in [2.45, 2.75) is 51.4 Å². The van der Waals surface area contributed by atoms with E-state index in [0.29, 0.717) is 5.92 Å². The fourth-order valence-corrected chi connectivity index (χ4v) is 4.76. The molecule has 108 valence electrons. The first kappa shape index (κ1) is 13.7. The van der Waals surface area contributed by atoms with E-state index in [-0.39, 0.29) is 10.8 Å². The van der Waals surface area contributed by atoms with Gasteiger partial charge in [0.05, 0.1) is 7.11 Å². The van der Waals surface area contributed by atoms with Gasteiger partial charge in [0.1, 0.15) is 12.0 Å². The van der Waals surface area contributed by atoms with Crippen LogP contribution in [0.3, 0.4) is 0 Å². The van der Waals surface area contributed by atoms with Gasteiger partial charge in [-0.3, -0.25) is 0 Å². The second-order valence-corrected chi connectivity index (χ2v) is 7.01. The molecule has 0 aliphatic heterocycles. The summed E-state index contributed by atoms with van der Waals surface area (Å²) < 4.78 is 5.41. The number of ether oxygens (including phenoxy) is 1. The van der Waals surface area contributed by atoms with E-state index >= 15 is 0 Å². The third-order valence-corrected chi connectivity index (χ3v) is 5.88. The lowest BCUT2D eigenvalue weighted by Crippen LogP contribution is -2.49. The molecule has 1 aromatic rings. The van der Waals surface area contributed by atoms with Crippen LogP contribution in [-0.4, -0.2) is 13.4 Å². The van der Waals surface area contributed by atoms with Crippen molar-refractivity contribution in [1.29, 1.82) is 0 Å². The highest BCUT2D eigenvalue weighted by atomic mass is 16.5. The summed E-state index contributed by atoms with van der Waals surface area (Å²) in [5, 5.41) is 0. The Bertz CT molecular complexity index is 536. The molecule has 0 radical (unpaired) electrons. The number of benzene rings is 1. The largest absolute Gasteiger partial charge is 0.497 e. The van der Waals surface area contributed by atoms with Crippen molar-refractivity contribution < 1.29 is 9.53 Å². The van der Waals surface area contributed by atoms with E-state index < -0.39 is 0 Å². The Morgan fingerprint density at radius 1 is 1.30 bits per heavy atom. The van der Waals surface area contributed by atoms with E-state index in [0.717, 1.165) is 31.4 Å².